The molecule has 0 heterocycles. The molecule has 0 heteroatoms. The predicted molar refractivity (Wildman–Crippen MR) is 47.8 cm³/mol. The van der Waals surface area contributed by atoms with E-state index in [0.717, 1.165) is 12.3 Å². The molecule has 0 nitrogen and oxygen atoms in total. The van der Waals surface area contributed by atoms with Crippen molar-refractivity contribution in [3.05, 3.63) is 19.1 Å². The Bertz CT molecular complexity index is 82.0. The van der Waals surface area contributed by atoms with Gasteiger partial charge in [0.15, 0.2) is 0 Å². The maximum atomic E-state index is 3.77. The van der Waals surface area contributed by atoms with E-state index in [9.17, 15) is 0 Å². The molecule has 0 spiro atoms. The summed E-state index contributed by atoms with van der Waals surface area (Å²) in [6.07, 6.45) is 9.29. The van der Waals surface area contributed by atoms with Gasteiger partial charge in [-0.05, 0) is 32.1 Å². The van der Waals surface area contributed by atoms with E-state index in [0.29, 0.717) is 0 Å². The number of hydrogen-bond acceptors (Lipinski definition) is 0. The molecule has 0 rings (SSSR count). The summed E-state index contributed by atoms with van der Waals surface area (Å²) in [6.45, 7) is 8.25. The first-order chi connectivity index (χ1) is 4.85. The molecule has 0 aliphatic rings. The summed E-state index contributed by atoms with van der Waals surface area (Å²) in [5.41, 5.74) is 0. The average molecular weight is 139 g/mol. The largest absolute Gasteiger partial charge is 0.0883 e. The van der Waals surface area contributed by atoms with Gasteiger partial charge in [-0.1, -0.05) is 32.4 Å². The molecular weight excluding hydrogens is 120 g/mol. The zero-order valence-electron chi connectivity index (χ0n) is 7.27. The third-order valence-corrected chi connectivity index (χ3v) is 1.76. The smallest absolute Gasteiger partial charge is 0.0236 e. The summed E-state index contributed by atoms with van der Waals surface area (Å²) in [4.78, 5) is 0. The maximum Gasteiger partial charge on any atom is -0.0236 e. The van der Waals surface area contributed by atoms with Crippen LogP contribution in [0.5, 0.6) is 0 Å². The molecule has 1 radical (unpaired) electrons. The first-order valence-electron chi connectivity index (χ1n) is 4.31. The van der Waals surface area contributed by atoms with E-state index in [2.05, 4.69) is 32.9 Å². The van der Waals surface area contributed by atoms with Gasteiger partial charge in [-0.3, -0.25) is 0 Å². The second-order valence-corrected chi connectivity index (χ2v) is 2.67. The van der Waals surface area contributed by atoms with Gasteiger partial charge in [0.1, 0.15) is 0 Å². The molecule has 0 N–H and O–H groups in total. The van der Waals surface area contributed by atoms with Crippen molar-refractivity contribution in [1.29, 1.82) is 0 Å². The van der Waals surface area contributed by atoms with Gasteiger partial charge in [0.05, 0.1) is 0 Å². The van der Waals surface area contributed by atoms with Gasteiger partial charge >= 0.3 is 0 Å². The van der Waals surface area contributed by atoms with E-state index >= 15 is 0 Å². The summed E-state index contributed by atoms with van der Waals surface area (Å²) >= 11 is 0. The standard InChI is InChI=1S/C10H19/c1-4-7-9-10(6-3)8-5-2/h7,9-10H,1,4-6,8H2,2-3H3. The van der Waals surface area contributed by atoms with E-state index < -0.39 is 0 Å². The Kier molecular flexibility index (Phi) is 6.68. The van der Waals surface area contributed by atoms with Crippen molar-refractivity contribution in [2.75, 3.05) is 0 Å². The Morgan fingerprint density at radius 1 is 1.40 bits per heavy atom. The number of hydrogen-bond donors (Lipinski definition) is 0. The molecule has 0 amide bonds. The summed E-state index contributed by atoms with van der Waals surface area (Å²) in [6, 6.07) is 0. The Morgan fingerprint density at radius 2 is 2.10 bits per heavy atom. The fourth-order valence-corrected chi connectivity index (χ4v) is 1.10. The van der Waals surface area contributed by atoms with Crippen LogP contribution < -0.4 is 0 Å². The Hall–Kier alpha value is -0.260. The summed E-state index contributed by atoms with van der Waals surface area (Å²) in [5, 5.41) is 0. The number of allylic oxidation sites excluding steroid dienone is 2. The highest BCUT2D eigenvalue weighted by molar-refractivity contribution is 4.87. The topological polar surface area (TPSA) is 0 Å². The molecule has 0 aliphatic carbocycles. The van der Waals surface area contributed by atoms with Crippen LogP contribution in [0, 0.1) is 12.8 Å². The lowest BCUT2D eigenvalue weighted by molar-refractivity contribution is 0.562. The molecular formula is C10H19. The molecule has 0 aromatic heterocycles. The van der Waals surface area contributed by atoms with Gasteiger partial charge in [-0.2, -0.15) is 0 Å². The van der Waals surface area contributed by atoms with E-state index in [-0.39, 0.29) is 0 Å². The third kappa shape index (κ3) is 4.60. The molecule has 0 aliphatic heterocycles. The van der Waals surface area contributed by atoms with E-state index in [1.807, 2.05) is 0 Å². The van der Waals surface area contributed by atoms with Crippen LogP contribution >= 0.6 is 0 Å². The van der Waals surface area contributed by atoms with Crippen molar-refractivity contribution < 1.29 is 0 Å². The summed E-state index contributed by atoms with van der Waals surface area (Å²) < 4.78 is 0. The molecule has 59 valence electrons. The monoisotopic (exact) mass is 139 g/mol. The fraction of sp³-hybridized carbons (Fsp3) is 0.700. The minimum atomic E-state index is 0.798. The van der Waals surface area contributed by atoms with Crippen molar-refractivity contribution in [1.82, 2.24) is 0 Å². The van der Waals surface area contributed by atoms with Crippen LogP contribution in [0.2, 0.25) is 0 Å². The number of rotatable bonds is 5. The van der Waals surface area contributed by atoms with Crippen LogP contribution in [0.1, 0.15) is 39.5 Å². The van der Waals surface area contributed by atoms with Crippen molar-refractivity contribution in [2.45, 2.75) is 39.5 Å². The van der Waals surface area contributed by atoms with Crippen LogP contribution in [0.4, 0.5) is 0 Å². The van der Waals surface area contributed by atoms with Crippen molar-refractivity contribution in [3.8, 4) is 0 Å². The van der Waals surface area contributed by atoms with Gasteiger partial charge in [-0.15, -0.1) is 0 Å². The minimum absolute atomic E-state index is 0.798. The van der Waals surface area contributed by atoms with Crippen LogP contribution in [-0.4, -0.2) is 0 Å². The first-order valence-corrected chi connectivity index (χ1v) is 4.31. The van der Waals surface area contributed by atoms with Gasteiger partial charge in [0.2, 0.25) is 0 Å². The normalized spacial score (nSPS) is 14.3. The SMILES string of the molecule is [CH2]CC=CC(CC)CCC. The molecule has 0 bridgehead atoms. The maximum absolute atomic E-state index is 3.77. The molecule has 0 fully saturated rings. The van der Waals surface area contributed by atoms with Crippen molar-refractivity contribution in [2.24, 2.45) is 5.92 Å². The van der Waals surface area contributed by atoms with Gasteiger partial charge in [-0.25, -0.2) is 0 Å². The van der Waals surface area contributed by atoms with Gasteiger partial charge in [0, 0.05) is 0 Å². The Labute approximate surface area is 65.3 Å². The predicted octanol–water partition coefficient (Wildman–Crippen LogP) is 3.59. The van der Waals surface area contributed by atoms with E-state index in [1.54, 1.807) is 0 Å². The van der Waals surface area contributed by atoms with Crippen molar-refractivity contribution >= 4 is 0 Å². The molecule has 1 atom stereocenters. The highest BCUT2D eigenvalue weighted by Crippen LogP contribution is 2.11. The third-order valence-electron chi connectivity index (χ3n) is 1.76. The van der Waals surface area contributed by atoms with E-state index in [1.165, 1.54) is 19.3 Å². The van der Waals surface area contributed by atoms with Crippen LogP contribution in [-0.2, 0) is 0 Å². The molecule has 0 aromatic rings. The zero-order chi connectivity index (χ0) is 7.82. The van der Waals surface area contributed by atoms with Gasteiger partial charge < -0.3 is 0 Å². The Morgan fingerprint density at radius 3 is 2.50 bits per heavy atom. The first kappa shape index (κ1) is 9.74. The Balaban J connectivity index is 3.48. The highest BCUT2D eigenvalue weighted by atomic mass is 14.0. The highest BCUT2D eigenvalue weighted by Gasteiger charge is 1.97. The fourth-order valence-electron chi connectivity index (χ4n) is 1.10. The molecule has 0 saturated heterocycles. The van der Waals surface area contributed by atoms with Crippen molar-refractivity contribution in [3.63, 3.8) is 0 Å². The summed E-state index contributed by atoms with van der Waals surface area (Å²) in [5.74, 6) is 0.798. The zero-order valence-corrected chi connectivity index (χ0v) is 7.27. The lowest BCUT2D eigenvalue weighted by Gasteiger charge is -2.06. The lowest BCUT2D eigenvalue weighted by Crippen LogP contribution is -1.92. The minimum Gasteiger partial charge on any atom is -0.0883 e. The van der Waals surface area contributed by atoms with Crippen LogP contribution in [0.15, 0.2) is 12.2 Å². The average Bonchev–Trinajstić information content (AvgIpc) is 1.98. The second-order valence-electron chi connectivity index (χ2n) is 2.67. The summed E-state index contributed by atoms with van der Waals surface area (Å²) in [7, 11) is 0. The second kappa shape index (κ2) is 6.85. The lowest BCUT2D eigenvalue weighted by atomic mass is 10.0. The van der Waals surface area contributed by atoms with Gasteiger partial charge in [0.25, 0.3) is 0 Å². The molecule has 0 aromatic carbocycles. The van der Waals surface area contributed by atoms with E-state index in [4.69, 9.17) is 0 Å². The van der Waals surface area contributed by atoms with Crippen LogP contribution in [0.3, 0.4) is 0 Å². The quantitative estimate of drug-likeness (QED) is 0.510. The molecule has 1 unspecified atom stereocenters. The van der Waals surface area contributed by atoms with Crippen LogP contribution in [0.25, 0.3) is 0 Å². The molecule has 0 saturated carbocycles. The molecule has 10 heavy (non-hydrogen) atoms.